The third-order valence-corrected chi connectivity index (χ3v) is 3.52. The Morgan fingerprint density at radius 2 is 2.24 bits per heavy atom. The summed E-state index contributed by atoms with van der Waals surface area (Å²) < 4.78 is 0. The molecule has 1 aromatic heterocycles. The van der Waals surface area contributed by atoms with Gasteiger partial charge in [-0.05, 0) is 20.8 Å². The fourth-order valence-corrected chi connectivity index (χ4v) is 2.69. The van der Waals surface area contributed by atoms with Crippen LogP contribution in [0.4, 0.5) is 0 Å². The molecule has 92 valence electrons. The maximum Gasteiger partial charge on any atom is 0.248 e. The van der Waals surface area contributed by atoms with Crippen LogP contribution in [-0.4, -0.2) is 33.8 Å². The molecule has 5 nitrogen and oxygen atoms in total. The molecule has 1 aliphatic rings. The van der Waals surface area contributed by atoms with E-state index in [1.807, 2.05) is 6.92 Å². The summed E-state index contributed by atoms with van der Waals surface area (Å²) in [5.74, 6) is -0.168. The molecule has 2 heterocycles. The second kappa shape index (κ2) is 4.10. The van der Waals surface area contributed by atoms with E-state index < -0.39 is 5.54 Å². The number of hydrogen-bond donors (Lipinski definition) is 1. The number of carbonyl (C=O) groups is 2. The van der Waals surface area contributed by atoms with Gasteiger partial charge in [0.2, 0.25) is 11.8 Å². The first kappa shape index (κ1) is 12.0. The number of amides is 2. The van der Waals surface area contributed by atoms with E-state index in [1.54, 1.807) is 36.3 Å². The second-order valence-corrected chi connectivity index (χ2v) is 6.00. The molecule has 1 saturated heterocycles. The Morgan fingerprint density at radius 3 is 2.82 bits per heavy atom. The normalized spacial score (nSPS) is 19.4. The largest absolute Gasteiger partial charge is 0.341 e. The van der Waals surface area contributed by atoms with Gasteiger partial charge in [0.05, 0.1) is 11.6 Å². The van der Waals surface area contributed by atoms with Gasteiger partial charge in [0, 0.05) is 11.1 Å². The molecular weight excluding hydrogens is 238 g/mol. The van der Waals surface area contributed by atoms with Gasteiger partial charge in [0.15, 0.2) is 0 Å². The molecule has 1 aliphatic heterocycles. The molecule has 2 rings (SSSR count). The molecule has 0 aromatic carbocycles. The lowest BCUT2D eigenvalue weighted by molar-refractivity contribution is -0.148. The number of carbonyl (C=O) groups excluding carboxylic acids is 2. The molecule has 1 N–H and O–H groups in total. The van der Waals surface area contributed by atoms with E-state index in [-0.39, 0.29) is 18.4 Å². The summed E-state index contributed by atoms with van der Waals surface area (Å²) in [7, 11) is 0. The van der Waals surface area contributed by atoms with E-state index in [4.69, 9.17) is 0 Å². The quantitative estimate of drug-likeness (QED) is 0.843. The lowest BCUT2D eigenvalue weighted by Crippen LogP contribution is -2.63. The smallest absolute Gasteiger partial charge is 0.248 e. The Hall–Kier alpha value is -1.43. The van der Waals surface area contributed by atoms with Crippen LogP contribution in [0.5, 0.6) is 0 Å². The lowest BCUT2D eigenvalue weighted by atomic mass is 10.0. The number of aryl methyl sites for hydroxylation is 1. The Kier molecular flexibility index (Phi) is 2.91. The van der Waals surface area contributed by atoms with Crippen molar-refractivity contribution >= 4 is 23.2 Å². The van der Waals surface area contributed by atoms with Crippen molar-refractivity contribution in [3.63, 3.8) is 0 Å². The van der Waals surface area contributed by atoms with Crippen molar-refractivity contribution in [2.45, 2.75) is 32.9 Å². The fraction of sp³-hybridized carbons (Fsp3) is 0.545. The van der Waals surface area contributed by atoms with Crippen LogP contribution in [0.1, 0.15) is 23.7 Å². The predicted molar refractivity (Wildman–Crippen MR) is 64.5 cm³/mol. The number of piperazine rings is 1. The fourth-order valence-electron chi connectivity index (χ4n) is 1.88. The molecular formula is C11H15N3O2S. The molecule has 0 unspecified atom stereocenters. The zero-order valence-electron chi connectivity index (χ0n) is 10.1. The van der Waals surface area contributed by atoms with Crippen molar-refractivity contribution < 1.29 is 9.59 Å². The van der Waals surface area contributed by atoms with Gasteiger partial charge in [0.25, 0.3) is 0 Å². The first-order chi connectivity index (χ1) is 7.88. The van der Waals surface area contributed by atoms with Gasteiger partial charge in [-0.3, -0.25) is 9.59 Å². The highest BCUT2D eigenvalue weighted by molar-refractivity contribution is 7.11. The van der Waals surface area contributed by atoms with Gasteiger partial charge < -0.3 is 10.2 Å². The second-order valence-electron chi connectivity index (χ2n) is 4.68. The van der Waals surface area contributed by atoms with Crippen molar-refractivity contribution in [1.82, 2.24) is 15.2 Å². The van der Waals surface area contributed by atoms with Crippen LogP contribution in [0.3, 0.4) is 0 Å². The SMILES string of the molecule is Cc1ncc(CN2CC(=O)NC(C)(C)C2=O)s1. The molecule has 6 heteroatoms. The minimum Gasteiger partial charge on any atom is -0.341 e. The molecule has 0 bridgehead atoms. The van der Waals surface area contributed by atoms with Crippen molar-refractivity contribution in [1.29, 1.82) is 0 Å². The lowest BCUT2D eigenvalue weighted by Gasteiger charge is -2.37. The molecule has 1 aromatic rings. The molecule has 0 atom stereocenters. The minimum absolute atomic E-state index is 0.0526. The van der Waals surface area contributed by atoms with E-state index in [1.165, 1.54) is 0 Å². The minimum atomic E-state index is -0.810. The summed E-state index contributed by atoms with van der Waals surface area (Å²) in [6, 6.07) is 0. The average Bonchev–Trinajstić information content (AvgIpc) is 2.59. The molecule has 1 fully saturated rings. The van der Waals surface area contributed by atoms with Gasteiger partial charge in [-0.25, -0.2) is 4.98 Å². The monoisotopic (exact) mass is 253 g/mol. The first-order valence-corrected chi connectivity index (χ1v) is 6.22. The Labute approximate surface area is 104 Å². The maximum absolute atomic E-state index is 12.1. The van der Waals surface area contributed by atoms with Gasteiger partial charge in [0.1, 0.15) is 12.1 Å². The van der Waals surface area contributed by atoms with Crippen LogP contribution >= 0.6 is 11.3 Å². The number of aromatic nitrogens is 1. The zero-order valence-corrected chi connectivity index (χ0v) is 10.9. The van der Waals surface area contributed by atoms with Crippen molar-refractivity contribution in [3.05, 3.63) is 16.1 Å². The first-order valence-electron chi connectivity index (χ1n) is 5.40. The number of nitrogens with one attached hydrogen (secondary N) is 1. The number of nitrogens with zero attached hydrogens (tertiary/aromatic N) is 2. The van der Waals surface area contributed by atoms with Gasteiger partial charge in [-0.15, -0.1) is 11.3 Å². The molecule has 0 radical (unpaired) electrons. The molecule has 2 amide bonds. The van der Waals surface area contributed by atoms with Crippen LogP contribution in [0.25, 0.3) is 0 Å². The third-order valence-electron chi connectivity index (χ3n) is 2.62. The van der Waals surface area contributed by atoms with E-state index in [0.717, 1.165) is 9.88 Å². The average molecular weight is 253 g/mol. The summed E-state index contributed by atoms with van der Waals surface area (Å²) in [4.78, 5) is 30.3. The number of thiazole rings is 1. The van der Waals surface area contributed by atoms with Crippen molar-refractivity contribution in [2.75, 3.05) is 6.54 Å². The van der Waals surface area contributed by atoms with Crippen LogP contribution < -0.4 is 5.32 Å². The van der Waals surface area contributed by atoms with Crippen LogP contribution in [0.15, 0.2) is 6.20 Å². The van der Waals surface area contributed by atoms with Gasteiger partial charge in [-0.1, -0.05) is 0 Å². The Morgan fingerprint density at radius 1 is 1.53 bits per heavy atom. The molecule has 0 aliphatic carbocycles. The maximum atomic E-state index is 12.1. The highest BCUT2D eigenvalue weighted by atomic mass is 32.1. The molecule has 17 heavy (non-hydrogen) atoms. The highest BCUT2D eigenvalue weighted by Gasteiger charge is 2.38. The summed E-state index contributed by atoms with van der Waals surface area (Å²) in [6.45, 7) is 5.94. The van der Waals surface area contributed by atoms with Crippen molar-refractivity contribution in [2.24, 2.45) is 0 Å². The summed E-state index contributed by atoms with van der Waals surface area (Å²) in [6.07, 6.45) is 1.76. The Bertz CT molecular complexity index is 467. The van der Waals surface area contributed by atoms with Gasteiger partial charge >= 0.3 is 0 Å². The van der Waals surface area contributed by atoms with E-state index >= 15 is 0 Å². The zero-order chi connectivity index (χ0) is 12.6. The van der Waals surface area contributed by atoms with Crippen LogP contribution in [0, 0.1) is 6.92 Å². The molecule has 0 spiro atoms. The van der Waals surface area contributed by atoms with Crippen LogP contribution in [0.2, 0.25) is 0 Å². The Balaban J connectivity index is 2.15. The predicted octanol–water partition coefficient (Wildman–Crippen LogP) is 0.689. The summed E-state index contributed by atoms with van der Waals surface area (Å²) >= 11 is 1.55. The highest BCUT2D eigenvalue weighted by Crippen LogP contribution is 2.19. The summed E-state index contributed by atoms with van der Waals surface area (Å²) in [5.41, 5.74) is -0.810. The summed E-state index contributed by atoms with van der Waals surface area (Å²) in [5, 5.41) is 3.65. The topological polar surface area (TPSA) is 62.3 Å². The van der Waals surface area contributed by atoms with E-state index in [2.05, 4.69) is 10.3 Å². The molecule has 0 saturated carbocycles. The van der Waals surface area contributed by atoms with Crippen molar-refractivity contribution in [3.8, 4) is 0 Å². The standard InChI is InChI=1S/C11H15N3O2S/c1-7-12-4-8(17-7)5-14-6-9(15)13-11(2,3)10(14)16/h4H,5-6H2,1-3H3,(H,13,15). The van der Waals surface area contributed by atoms with E-state index in [0.29, 0.717) is 6.54 Å². The number of rotatable bonds is 2. The van der Waals surface area contributed by atoms with E-state index in [9.17, 15) is 9.59 Å². The third kappa shape index (κ3) is 2.46. The van der Waals surface area contributed by atoms with Gasteiger partial charge in [-0.2, -0.15) is 0 Å². The number of hydrogen-bond acceptors (Lipinski definition) is 4. The van der Waals surface area contributed by atoms with Crippen LogP contribution in [-0.2, 0) is 16.1 Å².